The van der Waals surface area contributed by atoms with Gasteiger partial charge in [-0.15, -0.1) is 6.58 Å². The predicted molar refractivity (Wildman–Crippen MR) is 67.6 cm³/mol. The molecule has 1 aromatic rings. The SMILES string of the molecule is C=CC1CC(=O)N(c2cnccc2I)C1. The van der Waals surface area contributed by atoms with Crippen LogP contribution in [-0.2, 0) is 4.79 Å². The lowest BCUT2D eigenvalue weighted by Gasteiger charge is -2.16. The fraction of sp³-hybridized carbons (Fsp3) is 0.273. The van der Waals surface area contributed by atoms with Gasteiger partial charge < -0.3 is 4.90 Å². The third-order valence-electron chi connectivity index (χ3n) is 2.53. The monoisotopic (exact) mass is 314 g/mol. The number of anilines is 1. The van der Waals surface area contributed by atoms with Gasteiger partial charge in [0.15, 0.2) is 0 Å². The largest absolute Gasteiger partial charge is 0.309 e. The second kappa shape index (κ2) is 4.30. The summed E-state index contributed by atoms with van der Waals surface area (Å²) in [6, 6.07) is 1.91. The summed E-state index contributed by atoms with van der Waals surface area (Å²) in [5.74, 6) is 0.430. The molecule has 0 radical (unpaired) electrons. The van der Waals surface area contributed by atoms with E-state index in [1.165, 1.54) is 0 Å². The molecule has 1 fully saturated rings. The third-order valence-corrected chi connectivity index (χ3v) is 3.44. The first-order valence-electron chi connectivity index (χ1n) is 4.75. The lowest BCUT2D eigenvalue weighted by molar-refractivity contribution is -0.117. The van der Waals surface area contributed by atoms with Crippen molar-refractivity contribution in [3.63, 3.8) is 0 Å². The molecule has 1 atom stereocenters. The van der Waals surface area contributed by atoms with Gasteiger partial charge in [0, 0.05) is 28.7 Å². The van der Waals surface area contributed by atoms with Crippen molar-refractivity contribution in [1.29, 1.82) is 0 Å². The second-order valence-electron chi connectivity index (χ2n) is 3.53. The van der Waals surface area contributed by atoms with Crippen LogP contribution in [0, 0.1) is 9.49 Å². The van der Waals surface area contributed by atoms with Crippen LogP contribution in [0.5, 0.6) is 0 Å². The van der Waals surface area contributed by atoms with E-state index >= 15 is 0 Å². The molecule has 2 heterocycles. The summed E-state index contributed by atoms with van der Waals surface area (Å²) in [4.78, 5) is 17.6. The Morgan fingerprint density at radius 2 is 2.47 bits per heavy atom. The normalized spacial score (nSPS) is 20.7. The third kappa shape index (κ3) is 2.04. The molecule has 78 valence electrons. The van der Waals surface area contributed by atoms with Gasteiger partial charge in [-0.2, -0.15) is 0 Å². The topological polar surface area (TPSA) is 33.2 Å². The fourth-order valence-electron chi connectivity index (χ4n) is 1.69. The highest BCUT2D eigenvalue weighted by Crippen LogP contribution is 2.28. The van der Waals surface area contributed by atoms with Gasteiger partial charge in [0.25, 0.3) is 0 Å². The molecular formula is C11H11IN2O. The number of carbonyl (C=O) groups excluding carboxylic acids is 1. The van der Waals surface area contributed by atoms with Crippen molar-refractivity contribution in [3.8, 4) is 0 Å². The van der Waals surface area contributed by atoms with Gasteiger partial charge in [0.2, 0.25) is 5.91 Å². The van der Waals surface area contributed by atoms with Gasteiger partial charge >= 0.3 is 0 Å². The second-order valence-corrected chi connectivity index (χ2v) is 4.69. The molecule has 0 bridgehead atoms. The van der Waals surface area contributed by atoms with Gasteiger partial charge in [-0.25, -0.2) is 0 Å². The molecule has 0 saturated carbocycles. The Bertz CT molecular complexity index is 405. The highest BCUT2D eigenvalue weighted by molar-refractivity contribution is 14.1. The van der Waals surface area contributed by atoms with Gasteiger partial charge in [0.05, 0.1) is 11.9 Å². The number of halogens is 1. The molecule has 0 spiro atoms. The van der Waals surface area contributed by atoms with Gasteiger partial charge in [-0.1, -0.05) is 6.08 Å². The number of hydrogen-bond acceptors (Lipinski definition) is 2. The Hall–Kier alpha value is -0.910. The molecule has 0 aliphatic carbocycles. The number of amides is 1. The van der Waals surface area contributed by atoms with Crippen molar-refractivity contribution >= 4 is 34.2 Å². The molecule has 1 aromatic heterocycles. The van der Waals surface area contributed by atoms with E-state index in [1.54, 1.807) is 17.3 Å². The zero-order valence-electron chi connectivity index (χ0n) is 8.19. The maximum Gasteiger partial charge on any atom is 0.227 e. The fourth-order valence-corrected chi connectivity index (χ4v) is 2.28. The summed E-state index contributed by atoms with van der Waals surface area (Å²) in [7, 11) is 0. The van der Waals surface area contributed by atoms with Crippen molar-refractivity contribution in [3.05, 3.63) is 34.7 Å². The molecule has 0 N–H and O–H groups in total. The summed E-state index contributed by atoms with van der Waals surface area (Å²) in [5, 5.41) is 0. The van der Waals surface area contributed by atoms with Crippen LogP contribution >= 0.6 is 22.6 Å². The maximum absolute atomic E-state index is 11.7. The quantitative estimate of drug-likeness (QED) is 0.619. The first kappa shape index (κ1) is 10.6. The number of rotatable bonds is 2. The summed E-state index contributed by atoms with van der Waals surface area (Å²) in [6.07, 6.45) is 5.89. The minimum Gasteiger partial charge on any atom is -0.309 e. The Kier molecular flexibility index (Phi) is 3.04. The molecule has 4 heteroatoms. The first-order chi connectivity index (χ1) is 7.22. The minimum absolute atomic E-state index is 0.158. The maximum atomic E-state index is 11.7. The van der Waals surface area contributed by atoms with E-state index in [1.807, 2.05) is 12.1 Å². The van der Waals surface area contributed by atoms with Crippen molar-refractivity contribution in [1.82, 2.24) is 4.98 Å². The summed E-state index contributed by atoms with van der Waals surface area (Å²) in [6.45, 7) is 4.46. The van der Waals surface area contributed by atoms with Crippen molar-refractivity contribution in [2.75, 3.05) is 11.4 Å². The van der Waals surface area contributed by atoms with Crippen molar-refractivity contribution in [2.45, 2.75) is 6.42 Å². The Balaban J connectivity index is 2.29. The van der Waals surface area contributed by atoms with E-state index in [4.69, 9.17) is 0 Å². The lowest BCUT2D eigenvalue weighted by Crippen LogP contribution is -2.25. The van der Waals surface area contributed by atoms with Crippen molar-refractivity contribution < 1.29 is 4.79 Å². The molecule has 2 rings (SSSR count). The van der Waals surface area contributed by atoms with Crippen LogP contribution in [0.1, 0.15) is 6.42 Å². The predicted octanol–water partition coefficient (Wildman–Crippen LogP) is 2.23. The van der Waals surface area contributed by atoms with Crippen LogP contribution in [0.2, 0.25) is 0 Å². The Labute approximate surface area is 102 Å². The number of aromatic nitrogens is 1. The van der Waals surface area contributed by atoms with Crippen molar-refractivity contribution in [2.24, 2.45) is 5.92 Å². The molecule has 1 amide bonds. The molecule has 1 aliphatic rings. The summed E-state index contributed by atoms with van der Waals surface area (Å²) >= 11 is 2.22. The average molecular weight is 314 g/mol. The van der Waals surface area contributed by atoms with Crippen LogP contribution in [0.15, 0.2) is 31.1 Å². The highest BCUT2D eigenvalue weighted by Gasteiger charge is 2.29. The molecular weight excluding hydrogens is 303 g/mol. The van der Waals surface area contributed by atoms with E-state index < -0.39 is 0 Å². The molecule has 0 aromatic carbocycles. The smallest absolute Gasteiger partial charge is 0.227 e. The molecule has 1 saturated heterocycles. The number of carbonyl (C=O) groups is 1. The van der Waals surface area contributed by atoms with Crippen LogP contribution in [0.3, 0.4) is 0 Å². The van der Waals surface area contributed by atoms with E-state index in [0.717, 1.165) is 15.8 Å². The molecule has 15 heavy (non-hydrogen) atoms. The summed E-state index contributed by atoms with van der Waals surface area (Å²) in [5.41, 5.74) is 0.910. The minimum atomic E-state index is 0.158. The standard InChI is InChI=1S/C11H11IN2O/c1-2-8-5-11(15)14(7-8)10-6-13-4-3-9(10)12/h2-4,6,8H,1,5,7H2. The van der Waals surface area contributed by atoms with Crippen LogP contribution < -0.4 is 4.90 Å². The molecule has 3 nitrogen and oxygen atoms in total. The van der Waals surface area contributed by atoms with Gasteiger partial charge in [0.1, 0.15) is 0 Å². The number of hydrogen-bond donors (Lipinski definition) is 0. The number of pyridine rings is 1. The van der Waals surface area contributed by atoms with Gasteiger partial charge in [-0.3, -0.25) is 9.78 Å². The van der Waals surface area contributed by atoms with Gasteiger partial charge in [-0.05, 0) is 28.7 Å². The van der Waals surface area contributed by atoms with Crippen LogP contribution in [0.25, 0.3) is 0 Å². The first-order valence-corrected chi connectivity index (χ1v) is 5.82. The van der Waals surface area contributed by atoms with Crippen LogP contribution in [-0.4, -0.2) is 17.4 Å². The summed E-state index contributed by atoms with van der Waals surface area (Å²) < 4.78 is 1.06. The highest BCUT2D eigenvalue weighted by atomic mass is 127. The van der Waals surface area contributed by atoms with Crippen LogP contribution in [0.4, 0.5) is 5.69 Å². The Morgan fingerprint density at radius 1 is 1.67 bits per heavy atom. The van der Waals surface area contributed by atoms with E-state index in [2.05, 4.69) is 34.2 Å². The molecule has 1 aliphatic heterocycles. The zero-order chi connectivity index (χ0) is 10.8. The average Bonchev–Trinajstić information content (AvgIpc) is 2.60. The van der Waals surface area contributed by atoms with E-state index in [-0.39, 0.29) is 11.8 Å². The number of nitrogens with zero attached hydrogens (tertiary/aromatic N) is 2. The zero-order valence-corrected chi connectivity index (χ0v) is 10.3. The molecule has 1 unspecified atom stereocenters. The Morgan fingerprint density at radius 3 is 3.07 bits per heavy atom. The van der Waals surface area contributed by atoms with E-state index in [9.17, 15) is 4.79 Å². The van der Waals surface area contributed by atoms with E-state index in [0.29, 0.717) is 6.42 Å². The lowest BCUT2D eigenvalue weighted by atomic mass is 10.1.